The normalized spacial score (nSPS) is 18.2. The third-order valence-electron chi connectivity index (χ3n) is 6.85. The maximum atomic E-state index is 12.9. The van der Waals surface area contributed by atoms with Crippen LogP contribution < -0.4 is 4.90 Å². The molecule has 0 aliphatic carbocycles. The SMILES string of the molecule is O=C(CN1CCN(Cc2cccc3ccccc23)CC1)N1CCN(c2ccccc2)CC1. The first kappa shape index (κ1) is 21.0. The van der Waals surface area contributed by atoms with Crippen LogP contribution in [0.5, 0.6) is 0 Å². The molecular formula is C27H32N4O. The fraction of sp³-hybridized carbons (Fsp3) is 0.370. The fourth-order valence-corrected chi connectivity index (χ4v) is 4.92. The second kappa shape index (κ2) is 9.72. The summed E-state index contributed by atoms with van der Waals surface area (Å²) in [7, 11) is 0. The second-order valence-electron chi connectivity index (χ2n) is 8.89. The lowest BCUT2D eigenvalue weighted by molar-refractivity contribution is -0.133. The van der Waals surface area contributed by atoms with Crippen LogP contribution in [0.1, 0.15) is 5.56 Å². The van der Waals surface area contributed by atoms with Crippen LogP contribution in [-0.2, 0) is 11.3 Å². The van der Waals surface area contributed by atoms with Gasteiger partial charge in [-0.05, 0) is 28.5 Å². The molecule has 0 aromatic heterocycles. The predicted molar refractivity (Wildman–Crippen MR) is 131 cm³/mol. The summed E-state index contributed by atoms with van der Waals surface area (Å²) in [5.41, 5.74) is 2.64. The van der Waals surface area contributed by atoms with E-state index >= 15 is 0 Å². The average molecular weight is 429 g/mol. The van der Waals surface area contributed by atoms with Crippen molar-refractivity contribution in [3.8, 4) is 0 Å². The van der Waals surface area contributed by atoms with Gasteiger partial charge in [-0.2, -0.15) is 0 Å². The third-order valence-corrected chi connectivity index (χ3v) is 6.85. The highest BCUT2D eigenvalue weighted by molar-refractivity contribution is 5.85. The molecule has 0 bridgehead atoms. The average Bonchev–Trinajstić information content (AvgIpc) is 2.86. The van der Waals surface area contributed by atoms with Crippen molar-refractivity contribution in [1.29, 1.82) is 0 Å². The quantitative estimate of drug-likeness (QED) is 0.624. The summed E-state index contributed by atoms with van der Waals surface area (Å²) in [5.74, 6) is 0.278. The van der Waals surface area contributed by atoms with Crippen LogP contribution in [0.25, 0.3) is 10.8 Å². The Bertz CT molecular complexity index is 1030. The second-order valence-corrected chi connectivity index (χ2v) is 8.89. The number of amides is 1. The Labute approximate surface area is 190 Å². The van der Waals surface area contributed by atoms with Gasteiger partial charge in [-0.15, -0.1) is 0 Å². The molecule has 2 fully saturated rings. The van der Waals surface area contributed by atoms with E-state index in [1.54, 1.807) is 0 Å². The molecular weight excluding hydrogens is 396 g/mol. The highest BCUT2D eigenvalue weighted by atomic mass is 16.2. The number of piperazine rings is 2. The molecule has 0 saturated carbocycles. The highest BCUT2D eigenvalue weighted by Crippen LogP contribution is 2.21. The van der Waals surface area contributed by atoms with Crippen molar-refractivity contribution in [3.05, 3.63) is 78.4 Å². The van der Waals surface area contributed by atoms with Gasteiger partial charge in [-0.1, -0.05) is 60.7 Å². The molecule has 2 heterocycles. The van der Waals surface area contributed by atoms with Crippen LogP contribution in [0.15, 0.2) is 72.8 Å². The maximum Gasteiger partial charge on any atom is 0.236 e. The van der Waals surface area contributed by atoms with Crippen LogP contribution in [0.2, 0.25) is 0 Å². The fourth-order valence-electron chi connectivity index (χ4n) is 4.92. The van der Waals surface area contributed by atoms with Gasteiger partial charge < -0.3 is 9.80 Å². The van der Waals surface area contributed by atoms with Crippen LogP contribution in [0, 0.1) is 0 Å². The number of anilines is 1. The van der Waals surface area contributed by atoms with Gasteiger partial charge in [0.25, 0.3) is 0 Å². The summed E-state index contributed by atoms with van der Waals surface area (Å²) < 4.78 is 0. The van der Waals surface area contributed by atoms with E-state index in [2.05, 4.69) is 81.4 Å². The molecule has 3 aromatic carbocycles. The Morgan fingerprint density at radius 1 is 0.656 bits per heavy atom. The van der Waals surface area contributed by atoms with Gasteiger partial charge in [0.1, 0.15) is 0 Å². The van der Waals surface area contributed by atoms with Gasteiger partial charge in [0, 0.05) is 64.6 Å². The summed E-state index contributed by atoms with van der Waals surface area (Å²) >= 11 is 0. The lowest BCUT2D eigenvalue weighted by atomic mass is 10.0. The minimum absolute atomic E-state index is 0.278. The zero-order chi connectivity index (χ0) is 21.8. The van der Waals surface area contributed by atoms with E-state index in [9.17, 15) is 4.79 Å². The number of rotatable bonds is 5. The zero-order valence-electron chi connectivity index (χ0n) is 18.7. The van der Waals surface area contributed by atoms with Crippen molar-refractivity contribution in [1.82, 2.24) is 14.7 Å². The van der Waals surface area contributed by atoms with Crippen molar-refractivity contribution in [2.75, 3.05) is 63.8 Å². The van der Waals surface area contributed by atoms with E-state index in [1.807, 2.05) is 11.0 Å². The maximum absolute atomic E-state index is 12.9. The van der Waals surface area contributed by atoms with Gasteiger partial charge in [0.15, 0.2) is 0 Å². The summed E-state index contributed by atoms with van der Waals surface area (Å²) in [6.45, 7) is 8.92. The summed E-state index contributed by atoms with van der Waals surface area (Å²) in [6, 6.07) is 25.7. The Hall–Kier alpha value is -2.89. The summed E-state index contributed by atoms with van der Waals surface area (Å²) in [5, 5.41) is 2.66. The van der Waals surface area contributed by atoms with Crippen molar-refractivity contribution >= 4 is 22.4 Å². The van der Waals surface area contributed by atoms with Gasteiger partial charge in [-0.25, -0.2) is 0 Å². The van der Waals surface area contributed by atoms with E-state index in [-0.39, 0.29) is 5.91 Å². The lowest BCUT2D eigenvalue weighted by Gasteiger charge is -2.38. The zero-order valence-corrected chi connectivity index (χ0v) is 18.7. The standard InChI is InChI=1S/C27H32N4O/c32-27(31-19-17-30(18-20-31)25-10-2-1-3-11-25)22-29-15-13-28(14-16-29)21-24-9-6-8-23-7-4-5-12-26(23)24/h1-12H,13-22H2. The molecule has 0 radical (unpaired) electrons. The Morgan fingerprint density at radius 2 is 1.31 bits per heavy atom. The molecule has 2 aliphatic rings. The molecule has 1 amide bonds. The number of hydrogen-bond donors (Lipinski definition) is 0. The van der Waals surface area contributed by atoms with Crippen molar-refractivity contribution in [3.63, 3.8) is 0 Å². The number of fused-ring (bicyclic) bond motifs is 1. The number of para-hydroxylation sites is 1. The Kier molecular flexibility index (Phi) is 6.37. The van der Waals surface area contributed by atoms with E-state index in [0.717, 1.165) is 58.9 Å². The molecule has 3 aromatic rings. The van der Waals surface area contributed by atoms with Gasteiger partial charge in [-0.3, -0.25) is 14.6 Å². The predicted octanol–water partition coefficient (Wildman–Crippen LogP) is 3.31. The van der Waals surface area contributed by atoms with E-state index in [0.29, 0.717) is 6.54 Å². The van der Waals surface area contributed by atoms with E-state index < -0.39 is 0 Å². The molecule has 0 unspecified atom stereocenters. The van der Waals surface area contributed by atoms with Gasteiger partial charge >= 0.3 is 0 Å². The summed E-state index contributed by atoms with van der Waals surface area (Å²) in [4.78, 5) is 22.1. The molecule has 2 saturated heterocycles. The molecule has 32 heavy (non-hydrogen) atoms. The van der Waals surface area contributed by atoms with E-state index in [1.165, 1.54) is 22.0 Å². The van der Waals surface area contributed by atoms with Gasteiger partial charge in [0.2, 0.25) is 5.91 Å². The third kappa shape index (κ3) is 4.79. The minimum atomic E-state index is 0.278. The lowest BCUT2D eigenvalue weighted by Crippen LogP contribution is -2.53. The molecule has 166 valence electrons. The number of carbonyl (C=O) groups excluding carboxylic acids is 1. The van der Waals surface area contributed by atoms with Crippen molar-refractivity contribution < 1.29 is 4.79 Å². The monoisotopic (exact) mass is 428 g/mol. The van der Waals surface area contributed by atoms with Gasteiger partial charge in [0.05, 0.1) is 6.54 Å². The first-order chi connectivity index (χ1) is 15.8. The van der Waals surface area contributed by atoms with Crippen LogP contribution in [0.3, 0.4) is 0 Å². The molecule has 0 atom stereocenters. The van der Waals surface area contributed by atoms with Crippen LogP contribution in [-0.4, -0.2) is 79.5 Å². The molecule has 5 nitrogen and oxygen atoms in total. The minimum Gasteiger partial charge on any atom is -0.368 e. The molecule has 2 aliphatic heterocycles. The van der Waals surface area contributed by atoms with E-state index in [4.69, 9.17) is 0 Å². The summed E-state index contributed by atoms with van der Waals surface area (Å²) in [6.07, 6.45) is 0. The largest absolute Gasteiger partial charge is 0.368 e. The van der Waals surface area contributed by atoms with Crippen LogP contribution in [0.4, 0.5) is 5.69 Å². The molecule has 5 heteroatoms. The first-order valence-electron chi connectivity index (χ1n) is 11.8. The van der Waals surface area contributed by atoms with Crippen molar-refractivity contribution in [2.45, 2.75) is 6.54 Å². The first-order valence-corrected chi connectivity index (χ1v) is 11.8. The topological polar surface area (TPSA) is 30.0 Å². The number of benzene rings is 3. The number of hydrogen-bond acceptors (Lipinski definition) is 4. The van der Waals surface area contributed by atoms with Crippen molar-refractivity contribution in [2.24, 2.45) is 0 Å². The number of carbonyl (C=O) groups is 1. The molecule has 5 rings (SSSR count). The molecule has 0 N–H and O–H groups in total. The van der Waals surface area contributed by atoms with Crippen LogP contribution >= 0.6 is 0 Å². The Balaban J connectivity index is 1.09. The highest BCUT2D eigenvalue weighted by Gasteiger charge is 2.25. The smallest absolute Gasteiger partial charge is 0.236 e. The number of nitrogens with zero attached hydrogens (tertiary/aromatic N) is 4. The molecule has 0 spiro atoms. The Morgan fingerprint density at radius 3 is 2.09 bits per heavy atom.